The molecule has 5 heavy (non-hydrogen) atoms. The van der Waals surface area contributed by atoms with Crippen LogP contribution < -0.4 is 0 Å². The van der Waals surface area contributed by atoms with Gasteiger partial charge < -0.3 is 0 Å². The van der Waals surface area contributed by atoms with Crippen molar-refractivity contribution in [3.63, 3.8) is 0 Å². The molecule has 0 fully saturated rings. The molecule has 0 bridgehead atoms. The summed E-state index contributed by atoms with van der Waals surface area (Å²) in [5.74, 6) is 0. The van der Waals surface area contributed by atoms with Crippen LogP contribution in [0.5, 0.6) is 0 Å². The van der Waals surface area contributed by atoms with E-state index in [0.717, 1.165) is 0 Å². The van der Waals surface area contributed by atoms with Crippen molar-refractivity contribution in [3.05, 3.63) is 0 Å². The van der Waals surface area contributed by atoms with Gasteiger partial charge in [0.05, 0.1) is 0 Å². The zero-order valence-corrected chi connectivity index (χ0v) is 3.64. The maximum absolute atomic E-state index is 7.09. The van der Waals surface area contributed by atoms with Crippen molar-refractivity contribution in [2.24, 2.45) is 0 Å². The first kappa shape index (κ1) is 15.8. The quantitative estimate of drug-likeness (QED) is 0.429. The van der Waals surface area contributed by atoms with E-state index in [-0.39, 0.29) is 46.3 Å². The first-order valence-electron chi connectivity index (χ1n) is 0.298. The van der Waals surface area contributed by atoms with Crippen LogP contribution in [-0.4, -0.2) is 38.0 Å². The summed E-state index contributed by atoms with van der Waals surface area (Å²) in [6.07, 6.45) is 0. The second-order valence-corrected chi connectivity index (χ2v) is 0.275. The molecule has 2 nitrogen and oxygen atoms in total. The van der Waals surface area contributed by atoms with Crippen LogP contribution in [0.15, 0.2) is 0 Å². The van der Waals surface area contributed by atoms with E-state index in [0.29, 0.717) is 0 Å². The molecule has 34 valence electrons. The van der Waals surface area contributed by atoms with Crippen LogP contribution in [0.3, 0.4) is 0 Å². The van der Waals surface area contributed by atoms with E-state index in [1.165, 1.54) is 0 Å². The van der Waals surface area contributed by atoms with Crippen molar-refractivity contribution in [1.29, 1.82) is 0 Å². The minimum absolute atomic E-state index is 0. The summed E-state index contributed by atoms with van der Waals surface area (Å²) in [6.45, 7) is 0. The molecule has 0 aromatic rings. The third kappa shape index (κ3) is 24.6. The van der Waals surface area contributed by atoms with Crippen LogP contribution in [0.1, 0.15) is 0 Å². The normalized spacial score (nSPS) is 4.40. The Kier molecular flexibility index (Phi) is 53.0. The van der Waals surface area contributed by atoms with Gasteiger partial charge >= 0.3 is 53.3 Å². The van der Waals surface area contributed by atoms with Crippen LogP contribution >= 0.6 is 0 Å². The molecule has 0 aliphatic rings. The summed E-state index contributed by atoms with van der Waals surface area (Å²) in [5.41, 5.74) is 0. The van der Waals surface area contributed by atoms with Gasteiger partial charge in [0, 0.05) is 16.8 Å². The number of rotatable bonds is 0. The van der Waals surface area contributed by atoms with E-state index in [2.05, 4.69) is 0 Å². The summed E-state index contributed by atoms with van der Waals surface area (Å²) in [7, 11) is 0. The fourth-order valence-corrected chi connectivity index (χ4v) is 0. The first-order chi connectivity index (χ1) is 1.41. The summed E-state index contributed by atoms with van der Waals surface area (Å²) in [5, 5.41) is 0. The molecule has 0 atom stereocenters. The molecular weight excluding hydrogens is 173 g/mol. The van der Waals surface area contributed by atoms with E-state index in [1.54, 1.807) is 0 Å². The van der Waals surface area contributed by atoms with E-state index in [1.807, 2.05) is 0 Å². The Hall–Kier alpha value is 1.93. The van der Waals surface area contributed by atoms with Crippen LogP contribution in [0.4, 0.5) is 0 Å². The van der Waals surface area contributed by atoms with Gasteiger partial charge in [-0.15, -0.1) is 0 Å². The molecule has 0 spiro atoms. The Balaban J connectivity index is -0.0000000200. The number of hydrogen-bond acceptors (Lipinski definition) is 2. The first-order valence-corrected chi connectivity index (χ1v) is 1.23. The van der Waals surface area contributed by atoms with E-state index in [9.17, 15) is 0 Å². The van der Waals surface area contributed by atoms with Crippen LogP contribution in [-0.2, 0) is 32.1 Å². The predicted octanol–water partition coefficient (Wildman–Crippen LogP) is -1.77. The maximum atomic E-state index is 7.09. The van der Waals surface area contributed by atoms with Gasteiger partial charge in [-0.1, -0.05) is 0 Å². The van der Waals surface area contributed by atoms with Gasteiger partial charge in [0.1, 0.15) is 0 Å². The molecule has 0 heterocycles. The van der Waals surface area contributed by atoms with Crippen LogP contribution in [0, 0.1) is 0 Å². The molecule has 0 aliphatic carbocycles. The molecule has 5 heteroatoms. The summed E-state index contributed by atoms with van der Waals surface area (Å²) < 4.78 is 14.2. The second kappa shape index (κ2) is 16.8. The van der Waals surface area contributed by atoms with E-state index < -0.39 is 15.3 Å². The molecule has 0 aromatic heterocycles. The molecule has 0 aromatic carbocycles. The monoisotopic (exact) mass is 176 g/mol. The van der Waals surface area contributed by atoms with Crippen LogP contribution in [0.25, 0.3) is 0 Å². The molecular formula is H3Co2NaO2. The van der Waals surface area contributed by atoms with Gasteiger partial charge in [0.15, 0.2) is 0 Å². The van der Waals surface area contributed by atoms with Crippen molar-refractivity contribution < 1.29 is 40.6 Å². The molecule has 0 saturated carbocycles. The van der Waals surface area contributed by atoms with Crippen molar-refractivity contribution >= 4 is 29.6 Å². The Morgan fingerprint density at radius 1 is 1.20 bits per heavy atom. The van der Waals surface area contributed by atoms with Gasteiger partial charge in [-0.3, -0.25) is 0 Å². The topological polar surface area (TPSA) is 40.5 Å². The third-order valence-corrected chi connectivity index (χ3v) is 0. The minimum atomic E-state index is -0.562. The summed E-state index contributed by atoms with van der Waals surface area (Å²) >= 11 is -0.562. The fourth-order valence-electron chi connectivity index (χ4n) is 0. The SMILES string of the molecule is [Co].[NaH].[OH][Co][OH]. The Morgan fingerprint density at radius 2 is 1.20 bits per heavy atom. The molecule has 2 N–H and O–H groups in total. The van der Waals surface area contributed by atoms with Crippen molar-refractivity contribution in [2.75, 3.05) is 0 Å². The average Bonchev–Trinajstić information content (AvgIpc) is 0.918. The fraction of sp³-hybridized carbons (Fsp3) is 0. The van der Waals surface area contributed by atoms with E-state index >= 15 is 0 Å². The standard InChI is InChI=1S/2Co.Na.2H2O.H/h;;;2*1H2;/q;+2;;;;/p-2. The Bertz CT molecular complexity index is 7.61. The van der Waals surface area contributed by atoms with Gasteiger partial charge in [-0.25, -0.2) is 0 Å². The zero-order chi connectivity index (χ0) is 2.71. The molecule has 0 amide bonds. The zero-order valence-electron chi connectivity index (χ0n) is 1.56. The van der Waals surface area contributed by atoms with Gasteiger partial charge in [0.2, 0.25) is 0 Å². The molecule has 0 unspecified atom stereocenters. The molecule has 1 radical (unpaired) electrons. The summed E-state index contributed by atoms with van der Waals surface area (Å²) in [6, 6.07) is 0. The molecule has 0 aliphatic heterocycles. The third-order valence-electron chi connectivity index (χ3n) is 0. The Morgan fingerprint density at radius 3 is 1.20 bits per heavy atom. The second-order valence-electron chi connectivity index (χ2n) is 0.0667. The summed E-state index contributed by atoms with van der Waals surface area (Å²) in [4.78, 5) is 0. The van der Waals surface area contributed by atoms with Gasteiger partial charge in [-0.05, 0) is 0 Å². The van der Waals surface area contributed by atoms with Crippen molar-refractivity contribution in [3.8, 4) is 0 Å². The van der Waals surface area contributed by atoms with Gasteiger partial charge in [-0.2, -0.15) is 0 Å². The van der Waals surface area contributed by atoms with Crippen molar-refractivity contribution in [2.45, 2.75) is 0 Å². The van der Waals surface area contributed by atoms with Crippen LogP contribution in [0.2, 0.25) is 0 Å². The molecule has 0 saturated heterocycles. The van der Waals surface area contributed by atoms with Gasteiger partial charge in [0.25, 0.3) is 0 Å². The molecule has 0 rings (SSSR count). The van der Waals surface area contributed by atoms with E-state index in [4.69, 9.17) is 8.44 Å². The van der Waals surface area contributed by atoms with Crippen molar-refractivity contribution in [1.82, 2.24) is 0 Å². The number of hydrogen-bond donors (Lipinski definition) is 2. The average molecular weight is 176 g/mol. The Labute approximate surface area is 69.4 Å². The predicted molar refractivity (Wildman–Crippen MR) is 11.6 cm³/mol.